The van der Waals surface area contributed by atoms with E-state index in [0.29, 0.717) is 47.3 Å². The molecular weight excluding hydrogens is 1010 g/mol. The normalized spacial score (nSPS) is 42.3. The highest BCUT2D eigenvalue weighted by Crippen LogP contribution is 2.48. The quantitative estimate of drug-likeness (QED) is 0.0300. The highest BCUT2D eigenvalue weighted by Gasteiger charge is 2.59. The number of unbranched alkanes of at least 4 members (excludes halogenated alkanes) is 8. The predicted octanol–water partition coefficient (Wildman–Crippen LogP) is 8.97. The van der Waals surface area contributed by atoms with Gasteiger partial charge >= 0.3 is 0 Å². The summed E-state index contributed by atoms with van der Waals surface area (Å²) < 4.78 is 55.4. The van der Waals surface area contributed by atoms with Crippen LogP contribution in [-0.4, -0.2) is 151 Å². The van der Waals surface area contributed by atoms with E-state index < -0.39 is 0 Å². The standard InChI is InChI=1S/C64H120N8O8/c1-9-17-25-73-49-33-41-42(34-50(49)74-26-18-10-2)58-65-57(41)69-59-43-35-51(75-27-19-11-3)52(76-28-20-12-4)36-44(43)61(66-59)71-63-47-39-55(79-31-23-15-7)56(80-32-24-16-8)40-48(47)64(68-63)72-62-46-38-54(78-30-22-14-6)53(77-29-21-13-5)37-45(46)60(67-62)70-58/h41-72H,9-40H2,1-8H3. The summed E-state index contributed by atoms with van der Waals surface area (Å²) in [6.07, 6.45) is 26.3. The summed E-state index contributed by atoms with van der Waals surface area (Å²) in [5, 5.41) is 35.2. The summed E-state index contributed by atoms with van der Waals surface area (Å²) in [4.78, 5) is 0. The second kappa shape index (κ2) is 32.9. The monoisotopic (exact) mass is 1130 g/mol. The van der Waals surface area contributed by atoms with Crippen LogP contribution in [0.1, 0.15) is 209 Å². The fourth-order valence-electron chi connectivity index (χ4n) is 16.2. The predicted molar refractivity (Wildman–Crippen MR) is 317 cm³/mol. The number of nitrogens with one attached hydrogen (secondary N) is 8. The molecule has 0 spiro atoms. The first-order valence-corrected chi connectivity index (χ1v) is 34.3. The second-order valence-electron chi connectivity index (χ2n) is 26.5. The second-order valence-corrected chi connectivity index (χ2v) is 26.5. The van der Waals surface area contributed by atoms with Crippen LogP contribution in [0.5, 0.6) is 0 Å². The van der Waals surface area contributed by atoms with Crippen LogP contribution in [0.4, 0.5) is 0 Å². The van der Waals surface area contributed by atoms with Crippen molar-refractivity contribution in [1.82, 2.24) is 42.5 Å². The van der Waals surface area contributed by atoms with E-state index >= 15 is 0 Å². The van der Waals surface area contributed by atoms with Crippen LogP contribution < -0.4 is 42.5 Å². The van der Waals surface area contributed by atoms with Gasteiger partial charge < -0.3 is 37.9 Å². The van der Waals surface area contributed by atoms with Crippen LogP contribution in [0.25, 0.3) is 0 Å². The summed E-state index contributed by atoms with van der Waals surface area (Å²) in [6.45, 7) is 24.4. The van der Waals surface area contributed by atoms with Gasteiger partial charge in [0.15, 0.2) is 0 Å². The zero-order valence-corrected chi connectivity index (χ0v) is 51.7. The third-order valence-corrected chi connectivity index (χ3v) is 20.8. The molecule has 464 valence electrons. The Balaban J connectivity index is 1.09. The molecule has 4 saturated carbocycles. The first kappa shape index (κ1) is 63.9. The molecule has 4 aliphatic carbocycles. The van der Waals surface area contributed by atoms with Crippen LogP contribution in [0.15, 0.2) is 0 Å². The molecule has 16 nitrogen and oxygen atoms in total. The number of hydrogen-bond donors (Lipinski definition) is 8. The Kier molecular flexibility index (Phi) is 26.3. The van der Waals surface area contributed by atoms with Crippen molar-refractivity contribution in [2.45, 2.75) is 308 Å². The first-order chi connectivity index (χ1) is 39.3. The molecule has 9 aliphatic rings. The average molecular weight is 1130 g/mol. The average Bonchev–Trinajstić information content (AvgIpc) is 4.26. The van der Waals surface area contributed by atoms with Gasteiger partial charge in [0, 0.05) is 52.9 Å². The summed E-state index contributed by atoms with van der Waals surface area (Å²) in [6, 6.07) is 0. The highest BCUT2D eigenvalue weighted by atomic mass is 16.6. The van der Waals surface area contributed by atoms with Crippen molar-refractivity contribution in [1.29, 1.82) is 0 Å². The summed E-state index contributed by atoms with van der Waals surface area (Å²) >= 11 is 0. The smallest absolute Gasteiger partial charge is 0.0840 e. The van der Waals surface area contributed by atoms with E-state index in [-0.39, 0.29) is 98.2 Å². The van der Waals surface area contributed by atoms with Crippen molar-refractivity contribution < 1.29 is 37.9 Å². The maximum Gasteiger partial charge on any atom is 0.0840 e. The Bertz CT molecular complexity index is 1380. The van der Waals surface area contributed by atoms with Crippen molar-refractivity contribution in [2.75, 3.05) is 52.9 Å². The SMILES string of the molecule is CCCCOC1CC2C3NC(NC4NC(NC5NC(NC6NC(N3)C3CC(OCCCC)C(OCCCC)CC63)C3CC(OCCCC)C(OCCCC)CC53)C3CC(OCCCC)C(OCCCC)CC43)C2CC1OCCCC. The van der Waals surface area contributed by atoms with Gasteiger partial charge in [-0.2, -0.15) is 0 Å². The lowest BCUT2D eigenvalue weighted by Gasteiger charge is -2.43. The van der Waals surface area contributed by atoms with Gasteiger partial charge in [-0.25, -0.2) is 0 Å². The van der Waals surface area contributed by atoms with E-state index in [1.54, 1.807) is 0 Å². The molecule has 8 N–H and O–H groups in total. The van der Waals surface area contributed by atoms with Crippen molar-refractivity contribution in [2.24, 2.45) is 47.3 Å². The number of hydrogen-bond acceptors (Lipinski definition) is 16. The van der Waals surface area contributed by atoms with Gasteiger partial charge in [0.1, 0.15) is 0 Å². The molecule has 9 rings (SSSR count). The molecule has 0 aromatic heterocycles. The van der Waals surface area contributed by atoms with Crippen LogP contribution in [0.2, 0.25) is 0 Å². The van der Waals surface area contributed by atoms with Crippen molar-refractivity contribution >= 4 is 0 Å². The van der Waals surface area contributed by atoms with Crippen molar-refractivity contribution in [3.63, 3.8) is 0 Å². The van der Waals surface area contributed by atoms with Crippen molar-refractivity contribution in [3.8, 4) is 0 Å². The topological polar surface area (TPSA) is 170 Å². The number of rotatable bonds is 32. The fraction of sp³-hybridized carbons (Fsp3) is 1.00. The zero-order valence-electron chi connectivity index (χ0n) is 51.7. The Morgan fingerprint density at radius 2 is 0.312 bits per heavy atom. The Morgan fingerprint density at radius 3 is 0.412 bits per heavy atom. The maximum atomic E-state index is 6.92. The third kappa shape index (κ3) is 16.1. The third-order valence-electron chi connectivity index (χ3n) is 20.8. The van der Waals surface area contributed by atoms with Crippen molar-refractivity contribution in [3.05, 3.63) is 0 Å². The van der Waals surface area contributed by atoms with E-state index in [2.05, 4.69) is 97.9 Å². The zero-order chi connectivity index (χ0) is 55.8. The Hall–Kier alpha value is -0.640. The Morgan fingerprint density at radius 1 is 0.200 bits per heavy atom. The van der Waals surface area contributed by atoms with E-state index in [0.717, 1.165) is 207 Å². The fourth-order valence-corrected chi connectivity index (χ4v) is 16.2. The van der Waals surface area contributed by atoms with E-state index in [9.17, 15) is 0 Å². The lowest BCUT2D eigenvalue weighted by molar-refractivity contribution is -0.122. The van der Waals surface area contributed by atoms with E-state index in [1.807, 2.05) is 0 Å². The molecule has 0 aromatic carbocycles. The molecule has 16 unspecified atom stereocenters. The minimum absolute atomic E-state index is 0.0624. The largest absolute Gasteiger partial charge is 0.376 e. The summed E-state index contributed by atoms with van der Waals surface area (Å²) in [5.74, 6) is 2.74. The number of ether oxygens (including phenoxy) is 8. The number of fused-ring (bicyclic) bond motifs is 20. The lowest BCUT2D eigenvalue weighted by atomic mass is 9.73. The summed E-state index contributed by atoms with van der Waals surface area (Å²) in [7, 11) is 0. The van der Waals surface area contributed by atoms with Gasteiger partial charge in [-0.05, 0) is 150 Å². The molecular formula is C64H120N8O8. The molecule has 5 saturated heterocycles. The van der Waals surface area contributed by atoms with Gasteiger partial charge in [0.05, 0.1) is 98.2 Å². The van der Waals surface area contributed by atoms with E-state index in [4.69, 9.17) is 37.9 Å². The van der Waals surface area contributed by atoms with E-state index in [1.165, 1.54) is 0 Å². The minimum Gasteiger partial charge on any atom is -0.376 e. The molecule has 0 radical (unpaired) electrons. The summed E-state index contributed by atoms with van der Waals surface area (Å²) in [5.41, 5.74) is 0. The van der Waals surface area contributed by atoms with Gasteiger partial charge in [-0.15, -0.1) is 0 Å². The van der Waals surface area contributed by atoms with Gasteiger partial charge in [0.25, 0.3) is 0 Å². The Labute approximate surface area is 486 Å². The molecule has 0 amide bonds. The van der Waals surface area contributed by atoms with Gasteiger partial charge in [0.2, 0.25) is 0 Å². The molecule has 9 fully saturated rings. The molecule has 80 heavy (non-hydrogen) atoms. The lowest BCUT2D eigenvalue weighted by Crippen LogP contribution is -2.61. The van der Waals surface area contributed by atoms with Crippen LogP contribution >= 0.6 is 0 Å². The van der Waals surface area contributed by atoms with Crippen LogP contribution in [0.3, 0.4) is 0 Å². The first-order valence-electron chi connectivity index (χ1n) is 34.3. The molecule has 5 heterocycles. The molecule has 8 bridgehead atoms. The van der Waals surface area contributed by atoms with Gasteiger partial charge in [-0.3, -0.25) is 42.5 Å². The maximum absolute atomic E-state index is 6.92. The highest BCUT2D eigenvalue weighted by molar-refractivity contribution is 5.12. The molecule has 16 atom stereocenters. The van der Waals surface area contributed by atoms with Crippen LogP contribution in [0, 0.1) is 47.3 Å². The van der Waals surface area contributed by atoms with Crippen LogP contribution in [-0.2, 0) is 37.9 Å². The molecule has 16 heteroatoms. The molecule has 5 aliphatic heterocycles. The van der Waals surface area contributed by atoms with Gasteiger partial charge in [-0.1, -0.05) is 107 Å². The minimum atomic E-state index is 0.0624. The molecule has 0 aromatic rings.